The number of carboxylic acids is 1. The molecule has 1 aromatic heterocycles. The standard InChI is InChI=1S/C40H59N3O7/c1-22(2)31-25(44)19-40(41-33(48)34-43-42-23(3)49-34)18-17-38(9)24(32(31)40)11-12-27-37(8)15-14-28(36(6,7)26(37)13-16-39(27,38)10)50-30(47)21-35(4,5)20-29(45)46/h22,24,26-28H,11-21H2,1-10H3,(H,41,48)(H,45,46)/t24?,26?,27?,28-,37-,38+,39+,40+/m0/s1. The van der Waals surface area contributed by atoms with E-state index < -0.39 is 22.8 Å². The molecule has 4 saturated carbocycles. The van der Waals surface area contributed by atoms with Crippen LogP contribution in [0.5, 0.6) is 0 Å². The molecule has 276 valence electrons. The molecule has 1 heterocycles. The first kappa shape index (κ1) is 36.7. The zero-order valence-electron chi connectivity index (χ0n) is 32.0. The number of ether oxygens (including phenoxy) is 1. The second kappa shape index (κ2) is 12.0. The van der Waals surface area contributed by atoms with E-state index in [1.807, 2.05) is 13.8 Å². The van der Waals surface area contributed by atoms with Crippen molar-refractivity contribution in [3.05, 3.63) is 22.9 Å². The van der Waals surface area contributed by atoms with Gasteiger partial charge in [0.2, 0.25) is 5.89 Å². The smallest absolute Gasteiger partial charge is 0.309 e. The van der Waals surface area contributed by atoms with E-state index in [1.54, 1.807) is 6.92 Å². The number of fused-ring (bicyclic) bond motifs is 7. The summed E-state index contributed by atoms with van der Waals surface area (Å²) in [4.78, 5) is 52.0. The monoisotopic (exact) mass is 693 g/mol. The van der Waals surface area contributed by atoms with Crippen molar-refractivity contribution < 1.29 is 33.4 Å². The van der Waals surface area contributed by atoms with E-state index in [4.69, 9.17) is 9.15 Å². The minimum Gasteiger partial charge on any atom is -0.481 e. The van der Waals surface area contributed by atoms with Gasteiger partial charge in [0.1, 0.15) is 6.10 Å². The van der Waals surface area contributed by atoms with Gasteiger partial charge in [0, 0.05) is 18.8 Å². The van der Waals surface area contributed by atoms with Crippen molar-refractivity contribution in [3.63, 3.8) is 0 Å². The van der Waals surface area contributed by atoms with Crippen LogP contribution in [0.15, 0.2) is 15.6 Å². The van der Waals surface area contributed by atoms with Crippen LogP contribution in [0.25, 0.3) is 0 Å². The van der Waals surface area contributed by atoms with E-state index in [2.05, 4.69) is 64.0 Å². The molecule has 0 aliphatic heterocycles. The van der Waals surface area contributed by atoms with Crippen LogP contribution in [0.1, 0.15) is 150 Å². The Morgan fingerprint density at radius 1 is 0.940 bits per heavy atom. The Kier molecular flexibility index (Phi) is 8.82. The van der Waals surface area contributed by atoms with Crippen LogP contribution in [0.2, 0.25) is 0 Å². The lowest BCUT2D eigenvalue weighted by Crippen LogP contribution is -2.67. The largest absolute Gasteiger partial charge is 0.481 e. The quantitative estimate of drug-likeness (QED) is 0.262. The number of allylic oxidation sites excluding steroid dienone is 1. The summed E-state index contributed by atoms with van der Waals surface area (Å²) in [6.07, 6.45) is 7.54. The summed E-state index contributed by atoms with van der Waals surface area (Å²) in [6, 6.07) is 0. The number of esters is 1. The summed E-state index contributed by atoms with van der Waals surface area (Å²) >= 11 is 0. The molecule has 0 aromatic carbocycles. The highest BCUT2D eigenvalue weighted by atomic mass is 16.5. The second-order valence-corrected chi connectivity index (χ2v) is 19.1. The first-order valence-electron chi connectivity index (χ1n) is 18.9. The van der Waals surface area contributed by atoms with Gasteiger partial charge in [-0.2, -0.15) is 0 Å². The van der Waals surface area contributed by atoms with Crippen LogP contribution >= 0.6 is 0 Å². The van der Waals surface area contributed by atoms with Gasteiger partial charge in [-0.15, -0.1) is 10.2 Å². The molecule has 0 bridgehead atoms. The van der Waals surface area contributed by atoms with Crippen molar-refractivity contribution in [3.8, 4) is 0 Å². The number of carboxylic acid groups (broad SMARTS) is 1. The summed E-state index contributed by atoms with van der Waals surface area (Å²) < 4.78 is 11.7. The molecule has 0 spiro atoms. The fourth-order valence-corrected chi connectivity index (χ4v) is 12.7. The predicted octanol–water partition coefficient (Wildman–Crippen LogP) is 7.64. The molecule has 5 aliphatic rings. The summed E-state index contributed by atoms with van der Waals surface area (Å²) in [5.74, 6) is -0.169. The molecule has 10 heteroatoms. The van der Waals surface area contributed by atoms with E-state index in [1.165, 1.54) is 0 Å². The zero-order chi connectivity index (χ0) is 36.8. The zero-order valence-corrected chi connectivity index (χ0v) is 32.0. The highest BCUT2D eigenvalue weighted by molar-refractivity contribution is 6.03. The molecule has 1 aromatic rings. The van der Waals surface area contributed by atoms with E-state index in [9.17, 15) is 24.3 Å². The Bertz CT molecular complexity index is 1620. The van der Waals surface area contributed by atoms with Crippen LogP contribution in [-0.4, -0.2) is 50.6 Å². The summed E-state index contributed by atoms with van der Waals surface area (Å²) in [5.41, 5.74) is 0.415. The maximum absolute atomic E-state index is 13.9. The summed E-state index contributed by atoms with van der Waals surface area (Å²) in [7, 11) is 0. The molecule has 6 rings (SSSR count). The van der Waals surface area contributed by atoms with Crippen LogP contribution in [0.4, 0.5) is 0 Å². The first-order chi connectivity index (χ1) is 23.1. The number of Topliss-reactive ketones (excluding diaryl/α,β-unsaturated/α-hetero) is 1. The fraction of sp³-hybridized carbons (Fsp3) is 0.800. The molecule has 0 radical (unpaired) electrons. The lowest BCUT2D eigenvalue weighted by Gasteiger charge is -2.72. The molecule has 0 saturated heterocycles. The number of amides is 1. The molecule has 10 nitrogen and oxygen atoms in total. The van der Waals surface area contributed by atoms with E-state index in [-0.39, 0.29) is 76.5 Å². The van der Waals surface area contributed by atoms with Crippen LogP contribution in [0, 0.1) is 57.7 Å². The minimum atomic E-state index is -0.909. The SMILES string of the molecule is Cc1nnc(C(=O)N[C@@]23CC[C@]4(C)C(CCC5[C@@]6(C)CC[C@H](OC(=O)CC(C)(C)CC(=O)O)C(C)(C)C6CC[C@]54C)C2=C(C(C)C)C(=O)C3)o1. The Balaban J connectivity index is 1.28. The number of hydrogen-bond acceptors (Lipinski definition) is 8. The van der Waals surface area contributed by atoms with Gasteiger partial charge in [0.25, 0.3) is 0 Å². The number of nitrogens with zero attached hydrogens (tertiary/aromatic N) is 2. The number of hydrogen-bond donors (Lipinski definition) is 2. The maximum Gasteiger partial charge on any atom is 0.309 e. The van der Waals surface area contributed by atoms with Gasteiger partial charge in [-0.25, -0.2) is 0 Å². The van der Waals surface area contributed by atoms with Crippen molar-refractivity contribution in [2.24, 2.45) is 50.7 Å². The number of carbonyl (C=O) groups excluding carboxylic acids is 3. The number of aromatic nitrogens is 2. The van der Waals surface area contributed by atoms with Gasteiger partial charge in [-0.1, -0.05) is 62.3 Å². The number of aryl methyl sites for hydroxylation is 1. The minimum absolute atomic E-state index is 0.0160. The van der Waals surface area contributed by atoms with Crippen molar-refractivity contribution in [1.82, 2.24) is 15.5 Å². The number of carbonyl (C=O) groups is 4. The molecule has 4 fully saturated rings. The number of ketones is 1. The highest BCUT2D eigenvalue weighted by Gasteiger charge is 2.70. The van der Waals surface area contributed by atoms with E-state index in [0.29, 0.717) is 24.1 Å². The van der Waals surface area contributed by atoms with Gasteiger partial charge in [-0.05, 0) is 108 Å². The normalized spacial score (nSPS) is 37.8. The van der Waals surface area contributed by atoms with Crippen LogP contribution in [-0.2, 0) is 19.1 Å². The van der Waals surface area contributed by atoms with Gasteiger partial charge >= 0.3 is 23.7 Å². The molecule has 1 amide bonds. The lowest BCUT2D eigenvalue weighted by atomic mass is 9.33. The molecular weight excluding hydrogens is 634 g/mol. The number of aliphatic carboxylic acids is 1. The molecule has 2 N–H and O–H groups in total. The Morgan fingerprint density at radius 3 is 2.26 bits per heavy atom. The predicted molar refractivity (Wildman–Crippen MR) is 187 cm³/mol. The van der Waals surface area contributed by atoms with Gasteiger partial charge in [0.15, 0.2) is 5.78 Å². The fourth-order valence-electron chi connectivity index (χ4n) is 12.7. The van der Waals surface area contributed by atoms with Crippen molar-refractivity contribution in [2.45, 2.75) is 152 Å². The van der Waals surface area contributed by atoms with Gasteiger partial charge in [0.05, 0.1) is 18.4 Å². The molecule has 3 unspecified atom stereocenters. The second-order valence-electron chi connectivity index (χ2n) is 19.1. The Hall–Kier alpha value is -3.04. The average Bonchev–Trinajstić information content (AvgIpc) is 3.54. The summed E-state index contributed by atoms with van der Waals surface area (Å²) in [5, 5.41) is 20.5. The number of rotatable bonds is 8. The first-order valence-corrected chi connectivity index (χ1v) is 18.9. The third-order valence-corrected chi connectivity index (χ3v) is 15.0. The Labute approximate surface area is 297 Å². The highest BCUT2D eigenvalue weighted by Crippen LogP contribution is 2.76. The third-order valence-electron chi connectivity index (χ3n) is 15.0. The molecule has 50 heavy (non-hydrogen) atoms. The molecular formula is C40H59N3O7. The molecule has 5 aliphatic carbocycles. The van der Waals surface area contributed by atoms with Crippen molar-refractivity contribution in [1.29, 1.82) is 0 Å². The topological polar surface area (TPSA) is 149 Å². The number of nitrogens with one attached hydrogen (secondary N) is 1. The van der Waals surface area contributed by atoms with Crippen LogP contribution < -0.4 is 5.32 Å². The lowest BCUT2D eigenvalue weighted by molar-refractivity contribution is -0.232. The van der Waals surface area contributed by atoms with Crippen molar-refractivity contribution in [2.75, 3.05) is 0 Å². The van der Waals surface area contributed by atoms with E-state index >= 15 is 0 Å². The van der Waals surface area contributed by atoms with Gasteiger partial charge in [-0.3, -0.25) is 19.2 Å². The Morgan fingerprint density at radius 2 is 1.64 bits per heavy atom. The summed E-state index contributed by atoms with van der Waals surface area (Å²) in [6.45, 7) is 21.5. The van der Waals surface area contributed by atoms with Crippen molar-refractivity contribution >= 4 is 23.6 Å². The molecule has 8 atom stereocenters. The average molecular weight is 694 g/mol. The third kappa shape index (κ3) is 5.56. The van der Waals surface area contributed by atoms with E-state index in [0.717, 1.165) is 56.1 Å². The van der Waals surface area contributed by atoms with Crippen LogP contribution in [0.3, 0.4) is 0 Å². The van der Waals surface area contributed by atoms with Gasteiger partial charge < -0.3 is 19.6 Å². The maximum atomic E-state index is 13.9.